The van der Waals surface area contributed by atoms with Crippen molar-refractivity contribution >= 4 is 29.1 Å². The monoisotopic (exact) mass is 521 g/mol. The number of rotatable bonds is 8. The molecule has 0 spiro atoms. The van der Waals surface area contributed by atoms with Gasteiger partial charge < -0.3 is 36.0 Å². The summed E-state index contributed by atoms with van der Waals surface area (Å²) in [5, 5.41) is 22.8. The number of carbonyl (C=O) groups is 3. The molecule has 2 saturated heterocycles. The van der Waals surface area contributed by atoms with Gasteiger partial charge in [-0.3, -0.25) is 14.4 Å². The lowest BCUT2D eigenvalue weighted by Crippen LogP contribution is -2.51. The van der Waals surface area contributed by atoms with Gasteiger partial charge in [-0.2, -0.15) is 0 Å². The number of nitrogens with zero attached hydrogens (tertiary/aromatic N) is 3. The molecule has 2 bridgehead atoms. The van der Waals surface area contributed by atoms with Crippen LogP contribution < -0.4 is 20.9 Å². The lowest BCUT2D eigenvalue weighted by atomic mass is 10.0. The SMILES string of the molecule is Cc1ccccc1N1CCN(c2ccc(C(=O)NCCCN3C(=O)[C@H]4C[C@@H]3C(O)C4O)cc2C(N)=O)CC1. The summed E-state index contributed by atoms with van der Waals surface area (Å²) in [6.07, 6.45) is -0.919. The number of nitrogens with one attached hydrogen (secondary N) is 1. The minimum atomic E-state index is -0.984. The van der Waals surface area contributed by atoms with E-state index in [9.17, 15) is 24.6 Å². The number of hydrogen-bond donors (Lipinski definition) is 4. The maximum absolute atomic E-state index is 12.8. The highest BCUT2D eigenvalue weighted by atomic mass is 16.3. The number of fused-ring (bicyclic) bond motifs is 2. The first kappa shape index (κ1) is 26.0. The normalized spacial score (nSPS) is 24.7. The van der Waals surface area contributed by atoms with Crippen molar-refractivity contribution in [2.45, 2.75) is 38.0 Å². The summed E-state index contributed by atoms with van der Waals surface area (Å²) in [5.74, 6) is -1.58. The molecule has 10 heteroatoms. The molecular weight excluding hydrogens is 486 g/mol. The molecule has 202 valence electrons. The first-order valence-corrected chi connectivity index (χ1v) is 13.2. The Morgan fingerprint density at radius 1 is 1.00 bits per heavy atom. The molecule has 2 aromatic rings. The van der Waals surface area contributed by atoms with Crippen LogP contribution in [0.3, 0.4) is 0 Å². The van der Waals surface area contributed by atoms with Crippen molar-refractivity contribution in [1.82, 2.24) is 10.2 Å². The number of piperidine rings is 1. The second kappa shape index (κ2) is 10.6. The van der Waals surface area contributed by atoms with Crippen LogP contribution in [-0.4, -0.2) is 90.4 Å². The van der Waals surface area contributed by atoms with Gasteiger partial charge in [-0.25, -0.2) is 0 Å². The van der Waals surface area contributed by atoms with E-state index in [2.05, 4.69) is 34.2 Å². The molecule has 10 nitrogen and oxygen atoms in total. The molecule has 1 saturated carbocycles. The third-order valence-electron chi connectivity index (χ3n) is 8.11. The van der Waals surface area contributed by atoms with Gasteiger partial charge in [0.25, 0.3) is 11.8 Å². The lowest BCUT2D eigenvalue weighted by Gasteiger charge is -2.38. The van der Waals surface area contributed by atoms with Crippen molar-refractivity contribution in [1.29, 1.82) is 0 Å². The number of benzene rings is 2. The van der Waals surface area contributed by atoms with Crippen molar-refractivity contribution in [3.05, 3.63) is 59.2 Å². The average molecular weight is 522 g/mol. The summed E-state index contributed by atoms with van der Waals surface area (Å²) in [4.78, 5) is 43.5. The zero-order valence-corrected chi connectivity index (χ0v) is 21.5. The van der Waals surface area contributed by atoms with Gasteiger partial charge in [0.15, 0.2) is 0 Å². The number of amides is 3. The first-order valence-electron chi connectivity index (χ1n) is 13.2. The number of primary amides is 1. The minimum absolute atomic E-state index is 0.138. The van der Waals surface area contributed by atoms with Crippen LogP contribution in [0.15, 0.2) is 42.5 Å². The Bertz CT molecular complexity index is 1230. The molecule has 4 atom stereocenters. The molecule has 5 rings (SSSR count). The Labute approximate surface area is 222 Å². The number of aliphatic hydroxyl groups is 2. The zero-order valence-electron chi connectivity index (χ0n) is 21.5. The van der Waals surface area contributed by atoms with E-state index in [4.69, 9.17) is 5.73 Å². The largest absolute Gasteiger partial charge is 0.390 e. The molecule has 5 N–H and O–H groups in total. The van der Waals surface area contributed by atoms with Gasteiger partial charge in [-0.1, -0.05) is 18.2 Å². The van der Waals surface area contributed by atoms with Crippen LogP contribution in [-0.2, 0) is 4.79 Å². The summed E-state index contributed by atoms with van der Waals surface area (Å²) in [5.41, 5.74) is 9.52. The van der Waals surface area contributed by atoms with Crippen LogP contribution in [0.2, 0.25) is 0 Å². The second-order valence-electron chi connectivity index (χ2n) is 10.4. The lowest BCUT2D eigenvalue weighted by molar-refractivity contribution is -0.146. The third kappa shape index (κ3) is 4.81. The standard InChI is InChI=1S/C28H35N5O5/c1-17-5-2-3-6-21(17)31-11-13-32(14-12-31)22-8-7-18(15-19(22)26(29)36)27(37)30-9-4-10-33-23-16-20(28(33)38)24(34)25(23)35/h2-3,5-8,15,20,23-25,34-35H,4,9-14,16H2,1H3,(H2,29,36)(H,30,37)/t20-,23+,24?,25?/m0/s1. The smallest absolute Gasteiger partial charge is 0.251 e. The van der Waals surface area contributed by atoms with Crippen molar-refractivity contribution in [3.8, 4) is 0 Å². The van der Waals surface area contributed by atoms with Gasteiger partial charge in [0, 0.05) is 56.2 Å². The Balaban J connectivity index is 1.16. The molecule has 1 aliphatic carbocycles. The highest BCUT2D eigenvalue weighted by Gasteiger charge is 2.55. The van der Waals surface area contributed by atoms with Gasteiger partial charge >= 0.3 is 0 Å². The van der Waals surface area contributed by atoms with Crippen LogP contribution in [0.4, 0.5) is 11.4 Å². The van der Waals surface area contributed by atoms with Crippen LogP contribution in [0.1, 0.15) is 39.1 Å². The van der Waals surface area contributed by atoms with Crippen molar-refractivity contribution in [3.63, 3.8) is 0 Å². The molecule has 3 amide bonds. The van der Waals surface area contributed by atoms with E-state index >= 15 is 0 Å². The number of likely N-dealkylation sites (tertiary alicyclic amines) is 1. The number of aliphatic hydroxyl groups excluding tert-OH is 2. The molecule has 2 aromatic carbocycles. The molecule has 0 radical (unpaired) electrons. The molecule has 2 heterocycles. The van der Waals surface area contributed by atoms with Crippen molar-refractivity contribution in [2.24, 2.45) is 11.7 Å². The fraction of sp³-hybridized carbons (Fsp3) is 0.464. The van der Waals surface area contributed by atoms with E-state index < -0.39 is 24.0 Å². The number of piperazine rings is 1. The van der Waals surface area contributed by atoms with E-state index in [1.165, 1.54) is 11.3 Å². The van der Waals surface area contributed by atoms with Gasteiger partial charge in [0.1, 0.15) is 6.10 Å². The zero-order chi connectivity index (χ0) is 27.0. The van der Waals surface area contributed by atoms with E-state index in [0.717, 1.165) is 31.9 Å². The predicted octanol–water partition coefficient (Wildman–Crippen LogP) is 0.493. The van der Waals surface area contributed by atoms with E-state index in [1.54, 1.807) is 23.1 Å². The van der Waals surface area contributed by atoms with Crippen LogP contribution >= 0.6 is 0 Å². The fourth-order valence-corrected chi connectivity index (χ4v) is 6.03. The Morgan fingerprint density at radius 3 is 2.34 bits per heavy atom. The molecule has 0 aromatic heterocycles. The molecule has 2 unspecified atom stereocenters. The average Bonchev–Trinajstić information content (AvgIpc) is 3.40. The van der Waals surface area contributed by atoms with E-state index in [0.29, 0.717) is 37.1 Å². The maximum Gasteiger partial charge on any atom is 0.251 e. The van der Waals surface area contributed by atoms with Crippen LogP contribution in [0.5, 0.6) is 0 Å². The highest BCUT2D eigenvalue weighted by molar-refractivity contribution is 6.03. The van der Waals surface area contributed by atoms with Crippen molar-refractivity contribution < 1.29 is 24.6 Å². The summed E-state index contributed by atoms with van der Waals surface area (Å²) < 4.78 is 0. The number of carbonyl (C=O) groups excluding carboxylic acids is 3. The predicted molar refractivity (Wildman–Crippen MR) is 143 cm³/mol. The van der Waals surface area contributed by atoms with Gasteiger partial charge in [-0.05, 0) is 49.6 Å². The number of anilines is 2. The van der Waals surface area contributed by atoms with E-state index in [-0.39, 0.29) is 17.9 Å². The Morgan fingerprint density at radius 2 is 1.68 bits per heavy atom. The van der Waals surface area contributed by atoms with Gasteiger partial charge in [-0.15, -0.1) is 0 Å². The van der Waals surface area contributed by atoms with Gasteiger partial charge in [0.2, 0.25) is 5.91 Å². The topological polar surface area (TPSA) is 139 Å². The molecule has 3 fully saturated rings. The fourth-order valence-electron chi connectivity index (χ4n) is 6.03. The number of nitrogens with two attached hydrogens (primary N) is 1. The first-order chi connectivity index (χ1) is 18.3. The quantitative estimate of drug-likeness (QED) is 0.371. The van der Waals surface area contributed by atoms with E-state index in [1.807, 2.05) is 12.1 Å². The minimum Gasteiger partial charge on any atom is -0.390 e. The molecular formula is C28H35N5O5. The second-order valence-corrected chi connectivity index (χ2v) is 10.4. The summed E-state index contributed by atoms with van der Waals surface area (Å²) in [7, 11) is 0. The summed E-state index contributed by atoms with van der Waals surface area (Å²) >= 11 is 0. The third-order valence-corrected chi connectivity index (χ3v) is 8.11. The number of hydrogen-bond acceptors (Lipinski definition) is 7. The van der Waals surface area contributed by atoms with Crippen LogP contribution in [0, 0.1) is 12.8 Å². The Kier molecular flexibility index (Phi) is 7.27. The molecule has 38 heavy (non-hydrogen) atoms. The highest BCUT2D eigenvalue weighted by Crippen LogP contribution is 2.39. The van der Waals surface area contributed by atoms with Crippen LogP contribution in [0.25, 0.3) is 0 Å². The summed E-state index contributed by atoms with van der Waals surface area (Å²) in [6, 6.07) is 13.0. The molecule has 2 aliphatic heterocycles. The number of aryl methyl sites for hydroxylation is 1. The van der Waals surface area contributed by atoms with Crippen molar-refractivity contribution in [2.75, 3.05) is 49.1 Å². The maximum atomic E-state index is 12.8. The summed E-state index contributed by atoms with van der Waals surface area (Å²) in [6.45, 7) is 5.88. The Hall–Kier alpha value is -3.63. The molecule has 3 aliphatic rings. The van der Waals surface area contributed by atoms with Gasteiger partial charge in [0.05, 0.1) is 23.6 Å². The number of para-hydroxylation sites is 1.